The number of carbonyl (C=O) groups excluding carboxylic acids is 1. The van der Waals surface area contributed by atoms with Gasteiger partial charge >= 0.3 is 0 Å². The Labute approximate surface area is 127 Å². The Balaban J connectivity index is 4.10. The van der Waals surface area contributed by atoms with Crippen molar-refractivity contribution in [2.75, 3.05) is 47.5 Å². The minimum Gasteiger partial charge on any atom is -0.383 e. The van der Waals surface area contributed by atoms with Gasteiger partial charge in [-0.05, 0) is 5.41 Å². The predicted molar refractivity (Wildman–Crippen MR) is 84.5 cm³/mol. The predicted octanol–water partition coefficient (Wildman–Crippen LogP) is -0.0249. The number of amides is 1. The molecule has 0 aliphatic rings. The third-order valence-electron chi connectivity index (χ3n) is 2.97. The molecular weight excluding hydrogens is 272 g/mol. The van der Waals surface area contributed by atoms with Crippen LogP contribution in [0.25, 0.3) is 0 Å². The van der Waals surface area contributed by atoms with Crippen LogP contribution in [0.15, 0.2) is 4.99 Å². The molecule has 0 aromatic rings. The van der Waals surface area contributed by atoms with Gasteiger partial charge in [0.05, 0.1) is 19.3 Å². The van der Waals surface area contributed by atoms with E-state index in [1.165, 1.54) is 0 Å². The summed E-state index contributed by atoms with van der Waals surface area (Å²) in [7, 11) is 4.95. The quantitative estimate of drug-likeness (QED) is 0.333. The molecule has 0 bridgehead atoms. The molecule has 0 fully saturated rings. The van der Waals surface area contributed by atoms with Crippen molar-refractivity contribution in [3.63, 3.8) is 0 Å². The number of hydrogen-bond donors (Lipinski definition) is 3. The maximum Gasteiger partial charge on any atom is 0.239 e. The van der Waals surface area contributed by atoms with E-state index in [1.807, 2.05) is 0 Å². The van der Waals surface area contributed by atoms with Gasteiger partial charge in [-0.25, -0.2) is 0 Å². The summed E-state index contributed by atoms with van der Waals surface area (Å²) in [5.41, 5.74) is 0.0259. The Morgan fingerprint density at radius 2 is 1.86 bits per heavy atom. The van der Waals surface area contributed by atoms with E-state index in [9.17, 15) is 4.79 Å². The average Bonchev–Trinajstić information content (AvgIpc) is 2.41. The van der Waals surface area contributed by atoms with Gasteiger partial charge in [-0.1, -0.05) is 20.8 Å². The highest BCUT2D eigenvalue weighted by Gasteiger charge is 2.24. The first kappa shape index (κ1) is 19.7. The number of carbonyl (C=O) groups is 1. The number of nitrogens with one attached hydrogen (secondary N) is 3. The van der Waals surface area contributed by atoms with Crippen molar-refractivity contribution in [3.05, 3.63) is 0 Å². The molecule has 0 aromatic heterocycles. The van der Waals surface area contributed by atoms with E-state index in [0.717, 1.165) is 0 Å². The molecule has 21 heavy (non-hydrogen) atoms. The molecule has 0 aliphatic heterocycles. The lowest BCUT2D eigenvalue weighted by atomic mass is 9.89. The van der Waals surface area contributed by atoms with Crippen LogP contribution in [-0.2, 0) is 14.3 Å². The van der Waals surface area contributed by atoms with Crippen molar-refractivity contribution in [1.82, 2.24) is 16.0 Å². The van der Waals surface area contributed by atoms with Crippen LogP contribution in [0.4, 0.5) is 0 Å². The standard InChI is InChI=1S/C14H30N4O3/c1-14(2,3)11(21-6)9-17-13(15-4)18-10-12(19)16-7-8-20-5/h11H,7-10H2,1-6H3,(H,16,19)(H2,15,17,18). The van der Waals surface area contributed by atoms with Crippen LogP contribution in [0.1, 0.15) is 20.8 Å². The summed E-state index contributed by atoms with van der Waals surface area (Å²) >= 11 is 0. The van der Waals surface area contributed by atoms with Gasteiger partial charge in [0.15, 0.2) is 5.96 Å². The molecule has 124 valence electrons. The monoisotopic (exact) mass is 302 g/mol. The van der Waals surface area contributed by atoms with Gasteiger partial charge in [0.2, 0.25) is 5.91 Å². The molecule has 0 aliphatic carbocycles. The normalized spacial score (nSPS) is 13.7. The Morgan fingerprint density at radius 3 is 2.33 bits per heavy atom. The number of guanidine groups is 1. The second-order valence-corrected chi connectivity index (χ2v) is 5.74. The van der Waals surface area contributed by atoms with E-state index in [4.69, 9.17) is 9.47 Å². The number of nitrogens with zero attached hydrogens (tertiary/aromatic N) is 1. The maximum atomic E-state index is 11.6. The third kappa shape index (κ3) is 9.25. The minimum absolute atomic E-state index is 0.0259. The molecule has 0 saturated heterocycles. The number of methoxy groups -OCH3 is 2. The molecule has 7 nitrogen and oxygen atoms in total. The van der Waals surface area contributed by atoms with Gasteiger partial charge in [-0.15, -0.1) is 0 Å². The Kier molecular flexibility index (Phi) is 9.73. The highest BCUT2D eigenvalue weighted by atomic mass is 16.5. The number of rotatable bonds is 8. The summed E-state index contributed by atoms with van der Waals surface area (Å²) in [4.78, 5) is 15.6. The zero-order valence-electron chi connectivity index (χ0n) is 14.1. The summed E-state index contributed by atoms with van der Waals surface area (Å²) < 4.78 is 10.3. The number of aliphatic imine (C=N–C) groups is 1. The zero-order chi connectivity index (χ0) is 16.3. The van der Waals surface area contributed by atoms with Crippen LogP contribution < -0.4 is 16.0 Å². The van der Waals surface area contributed by atoms with Crippen molar-refractivity contribution < 1.29 is 14.3 Å². The Bertz CT molecular complexity index is 327. The fraction of sp³-hybridized carbons (Fsp3) is 0.857. The van der Waals surface area contributed by atoms with Crippen LogP contribution in [0.5, 0.6) is 0 Å². The molecule has 0 saturated carbocycles. The summed E-state index contributed by atoms with van der Waals surface area (Å²) in [6.07, 6.45) is 0.0478. The second kappa shape index (κ2) is 10.4. The number of ether oxygens (including phenoxy) is 2. The van der Waals surface area contributed by atoms with E-state index in [2.05, 4.69) is 41.7 Å². The topological polar surface area (TPSA) is 84.0 Å². The highest BCUT2D eigenvalue weighted by Crippen LogP contribution is 2.20. The van der Waals surface area contributed by atoms with E-state index >= 15 is 0 Å². The molecule has 1 unspecified atom stereocenters. The van der Waals surface area contributed by atoms with E-state index in [0.29, 0.717) is 25.7 Å². The van der Waals surface area contributed by atoms with Crippen molar-refractivity contribution in [2.24, 2.45) is 10.4 Å². The van der Waals surface area contributed by atoms with Crippen LogP contribution in [0.2, 0.25) is 0 Å². The van der Waals surface area contributed by atoms with Gasteiger partial charge in [0, 0.05) is 34.4 Å². The molecule has 7 heteroatoms. The van der Waals surface area contributed by atoms with Crippen molar-refractivity contribution in [1.29, 1.82) is 0 Å². The first-order valence-corrected chi connectivity index (χ1v) is 7.08. The summed E-state index contributed by atoms with van der Waals surface area (Å²) in [6, 6.07) is 0. The van der Waals surface area contributed by atoms with E-state index < -0.39 is 0 Å². The summed E-state index contributed by atoms with van der Waals surface area (Å²) in [5.74, 6) is 0.470. The average molecular weight is 302 g/mol. The third-order valence-corrected chi connectivity index (χ3v) is 2.97. The van der Waals surface area contributed by atoms with Crippen LogP contribution >= 0.6 is 0 Å². The molecule has 0 aromatic carbocycles. The fourth-order valence-electron chi connectivity index (χ4n) is 1.67. The lowest BCUT2D eigenvalue weighted by Gasteiger charge is -2.30. The Hall–Kier alpha value is -1.34. The van der Waals surface area contributed by atoms with E-state index in [-0.39, 0.29) is 24.0 Å². The van der Waals surface area contributed by atoms with Gasteiger partial charge in [-0.2, -0.15) is 0 Å². The Morgan fingerprint density at radius 1 is 1.19 bits per heavy atom. The minimum atomic E-state index is -0.103. The molecule has 0 radical (unpaired) electrons. The first-order chi connectivity index (χ1) is 9.85. The lowest BCUT2D eigenvalue weighted by Crippen LogP contribution is -2.47. The van der Waals surface area contributed by atoms with Crippen molar-refractivity contribution >= 4 is 11.9 Å². The second-order valence-electron chi connectivity index (χ2n) is 5.74. The molecular formula is C14H30N4O3. The van der Waals surface area contributed by atoms with Crippen LogP contribution in [0.3, 0.4) is 0 Å². The summed E-state index contributed by atoms with van der Waals surface area (Å²) in [5, 5.41) is 8.85. The van der Waals surface area contributed by atoms with Crippen molar-refractivity contribution in [3.8, 4) is 0 Å². The van der Waals surface area contributed by atoms with Gasteiger partial charge < -0.3 is 25.4 Å². The molecule has 1 atom stereocenters. The first-order valence-electron chi connectivity index (χ1n) is 7.08. The molecule has 0 rings (SSSR count). The van der Waals surface area contributed by atoms with Crippen LogP contribution in [-0.4, -0.2) is 65.5 Å². The molecule has 3 N–H and O–H groups in total. The van der Waals surface area contributed by atoms with E-state index in [1.54, 1.807) is 21.3 Å². The van der Waals surface area contributed by atoms with Crippen LogP contribution in [0, 0.1) is 5.41 Å². The zero-order valence-corrected chi connectivity index (χ0v) is 14.1. The molecule has 0 spiro atoms. The number of hydrogen-bond acceptors (Lipinski definition) is 4. The highest BCUT2D eigenvalue weighted by molar-refractivity contribution is 5.86. The molecule has 1 amide bonds. The maximum absolute atomic E-state index is 11.6. The fourth-order valence-corrected chi connectivity index (χ4v) is 1.67. The van der Waals surface area contributed by atoms with Gasteiger partial charge in [0.1, 0.15) is 0 Å². The van der Waals surface area contributed by atoms with Gasteiger partial charge in [-0.3, -0.25) is 9.79 Å². The van der Waals surface area contributed by atoms with Gasteiger partial charge in [0.25, 0.3) is 0 Å². The summed E-state index contributed by atoms with van der Waals surface area (Å²) in [6.45, 7) is 8.12. The smallest absolute Gasteiger partial charge is 0.239 e. The largest absolute Gasteiger partial charge is 0.383 e. The molecule has 0 heterocycles. The SMILES string of the molecule is CN=C(NCC(=O)NCCOC)NCC(OC)C(C)(C)C. The lowest BCUT2D eigenvalue weighted by molar-refractivity contribution is -0.120. The van der Waals surface area contributed by atoms with Crippen molar-refractivity contribution in [2.45, 2.75) is 26.9 Å².